The molecular weight excluding hydrogens is 182 g/mol. The van der Waals surface area contributed by atoms with Crippen LogP contribution in [0.1, 0.15) is 13.3 Å². The lowest BCUT2D eigenvalue weighted by Gasteiger charge is -2.33. The molecule has 0 saturated carbocycles. The van der Waals surface area contributed by atoms with Crippen LogP contribution in [0, 0.1) is 5.92 Å². The van der Waals surface area contributed by atoms with Crippen LogP contribution in [0.25, 0.3) is 0 Å². The maximum Gasteiger partial charge on any atom is 0.0772 e. The maximum absolute atomic E-state index is 5.77. The molecule has 0 bridgehead atoms. The number of fused-ring (bicyclic) bond motifs is 1. The Bertz CT molecular complexity index is 195. The van der Waals surface area contributed by atoms with Gasteiger partial charge in [0, 0.05) is 24.3 Å². The van der Waals surface area contributed by atoms with Crippen LogP contribution in [0.4, 0.5) is 0 Å². The minimum absolute atomic E-state index is 0.407. The zero-order valence-electron chi connectivity index (χ0n) is 8.03. The minimum Gasteiger partial charge on any atom is -0.376 e. The van der Waals surface area contributed by atoms with Gasteiger partial charge in [0.15, 0.2) is 0 Å². The highest BCUT2D eigenvalue weighted by molar-refractivity contribution is 8.03. The van der Waals surface area contributed by atoms with Crippen molar-refractivity contribution in [2.24, 2.45) is 5.92 Å². The van der Waals surface area contributed by atoms with Gasteiger partial charge in [-0.05, 0) is 18.4 Å². The number of likely N-dealkylation sites (N-methyl/N-ethyl adjacent to an activating group) is 1. The Hall–Kier alpha value is 0.01000. The molecule has 1 saturated heterocycles. The molecule has 0 aliphatic carbocycles. The summed E-state index contributed by atoms with van der Waals surface area (Å²) in [5, 5.41) is 6.39. The van der Waals surface area contributed by atoms with Gasteiger partial charge in [-0.1, -0.05) is 13.0 Å². The van der Waals surface area contributed by atoms with Crippen LogP contribution in [0.3, 0.4) is 0 Å². The third kappa shape index (κ3) is 2.09. The van der Waals surface area contributed by atoms with Gasteiger partial charge in [0.2, 0.25) is 0 Å². The van der Waals surface area contributed by atoms with Gasteiger partial charge < -0.3 is 10.1 Å². The highest BCUT2D eigenvalue weighted by Crippen LogP contribution is 2.37. The SMILES string of the molecule is CCNCC1OCCC2SC=CC12. The molecule has 13 heavy (non-hydrogen) atoms. The third-order valence-electron chi connectivity index (χ3n) is 2.74. The number of rotatable bonds is 3. The van der Waals surface area contributed by atoms with E-state index in [4.69, 9.17) is 4.74 Å². The molecule has 74 valence electrons. The average molecular weight is 199 g/mol. The molecule has 3 unspecified atom stereocenters. The van der Waals surface area contributed by atoms with Crippen molar-refractivity contribution in [2.45, 2.75) is 24.7 Å². The Labute approximate surface area is 84.1 Å². The van der Waals surface area contributed by atoms with Gasteiger partial charge in [-0.3, -0.25) is 0 Å². The van der Waals surface area contributed by atoms with E-state index in [1.807, 2.05) is 11.8 Å². The Morgan fingerprint density at radius 3 is 3.38 bits per heavy atom. The molecule has 1 fully saturated rings. The first-order chi connectivity index (χ1) is 6.42. The average Bonchev–Trinajstić information content (AvgIpc) is 2.62. The molecule has 3 atom stereocenters. The first-order valence-corrected chi connectivity index (χ1v) is 6.00. The van der Waals surface area contributed by atoms with Gasteiger partial charge in [-0.15, -0.1) is 11.8 Å². The van der Waals surface area contributed by atoms with Crippen LogP contribution in [-0.2, 0) is 4.74 Å². The molecule has 0 aromatic heterocycles. The number of thioether (sulfide) groups is 1. The molecule has 3 heteroatoms. The molecule has 0 spiro atoms. The smallest absolute Gasteiger partial charge is 0.0772 e. The van der Waals surface area contributed by atoms with Gasteiger partial charge in [0.05, 0.1) is 6.10 Å². The van der Waals surface area contributed by atoms with Crippen LogP contribution in [-0.4, -0.2) is 31.1 Å². The van der Waals surface area contributed by atoms with Crippen LogP contribution in [0.2, 0.25) is 0 Å². The third-order valence-corrected chi connectivity index (χ3v) is 3.96. The second-order valence-electron chi connectivity index (χ2n) is 3.59. The van der Waals surface area contributed by atoms with Crippen molar-refractivity contribution in [1.29, 1.82) is 0 Å². The predicted molar refractivity (Wildman–Crippen MR) is 56.9 cm³/mol. The van der Waals surface area contributed by atoms with Crippen LogP contribution >= 0.6 is 11.8 Å². The summed E-state index contributed by atoms with van der Waals surface area (Å²) in [5.74, 6) is 0.651. The zero-order valence-corrected chi connectivity index (χ0v) is 8.85. The molecule has 0 aromatic rings. The van der Waals surface area contributed by atoms with Crippen molar-refractivity contribution in [2.75, 3.05) is 19.7 Å². The van der Waals surface area contributed by atoms with E-state index in [-0.39, 0.29) is 0 Å². The summed E-state index contributed by atoms with van der Waals surface area (Å²) in [4.78, 5) is 0. The van der Waals surface area contributed by atoms with E-state index >= 15 is 0 Å². The van der Waals surface area contributed by atoms with Crippen molar-refractivity contribution in [1.82, 2.24) is 5.32 Å². The lowest BCUT2D eigenvalue weighted by Crippen LogP contribution is -2.41. The van der Waals surface area contributed by atoms with E-state index in [0.717, 1.165) is 24.9 Å². The van der Waals surface area contributed by atoms with E-state index in [9.17, 15) is 0 Å². The topological polar surface area (TPSA) is 21.3 Å². The highest BCUT2D eigenvalue weighted by Gasteiger charge is 2.34. The van der Waals surface area contributed by atoms with Gasteiger partial charge in [-0.2, -0.15) is 0 Å². The Balaban J connectivity index is 1.89. The van der Waals surface area contributed by atoms with Crippen LogP contribution < -0.4 is 5.32 Å². The molecule has 0 radical (unpaired) electrons. The summed E-state index contributed by atoms with van der Waals surface area (Å²) >= 11 is 1.98. The number of hydrogen-bond donors (Lipinski definition) is 1. The summed E-state index contributed by atoms with van der Waals surface area (Å²) in [6.07, 6.45) is 3.94. The highest BCUT2D eigenvalue weighted by atomic mass is 32.2. The molecule has 2 nitrogen and oxygen atoms in total. The van der Waals surface area contributed by atoms with E-state index in [1.165, 1.54) is 6.42 Å². The zero-order chi connectivity index (χ0) is 9.10. The predicted octanol–water partition coefficient (Wildman–Crippen LogP) is 1.63. The molecule has 2 heterocycles. The molecule has 2 rings (SSSR count). The van der Waals surface area contributed by atoms with Gasteiger partial charge in [-0.25, -0.2) is 0 Å². The van der Waals surface area contributed by atoms with E-state index < -0.39 is 0 Å². The van der Waals surface area contributed by atoms with Crippen molar-refractivity contribution in [3.8, 4) is 0 Å². The fourth-order valence-corrected chi connectivity index (χ4v) is 3.16. The second-order valence-corrected chi connectivity index (χ2v) is 4.74. The fraction of sp³-hybridized carbons (Fsp3) is 0.800. The first-order valence-electron chi connectivity index (χ1n) is 5.06. The summed E-state index contributed by atoms with van der Waals surface area (Å²) in [5.41, 5.74) is 0. The fourth-order valence-electron chi connectivity index (χ4n) is 2.00. The molecule has 0 amide bonds. The molecular formula is C10H17NOS. The monoisotopic (exact) mass is 199 g/mol. The number of hydrogen-bond acceptors (Lipinski definition) is 3. The van der Waals surface area contributed by atoms with Gasteiger partial charge >= 0.3 is 0 Å². The second kappa shape index (κ2) is 4.49. The summed E-state index contributed by atoms with van der Waals surface area (Å²) in [7, 11) is 0. The number of nitrogens with one attached hydrogen (secondary N) is 1. The molecule has 0 aromatic carbocycles. The normalized spacial score (nSPS) is 37.8. The van der Waals surface area contributed by atoms with Gasteiger partial charge in [0.1, 0.15) is 0 Å². The van der Waals surface area contributed by atoms with Crippen molar-refractivity contribution in [3.63, 3.8) is 0 Å². The summed E-state index contributed by atoms with van der Waals surface area (Å²) in [6.45, 7) is 5.11. The van der Waals surface area contributed by atoms with E-state index in [2.05, 4.69) is 23.7 Å². The molecule has 1 N–H and O–H groups in total. The van der Waals surface area contributed by atoms with Crippen LogP contribution in [0.5, 0.6) is 0 Å². The first kappa shape index (κ1) is 9.56. The number of ether oxygens (including phenoxy) is 1. The van der Waals surface area contributed by atoms with E-state index in [0.29, 0.717) is 12.0 Å². The summed E-state index contributed by atoms with van der Waals surface area (Å²) < 4.78 is 5.77. The molecule has 2 aliphatic heterocycles. The molecule has 2 aliphatic rings. The van der Waals surface area contributed by atoms with Gasteiger partial charge in [0.25, 0.3) is 0 Å². The minimum atomic E-state index is 0.407. The lowest BCUT2D eigenvalue weighted by molar-refractivity contribution is -0.00482. The summed E-state index contributed by atoms with van der Waals surface area (Å²) in [6, 6.07) is 0. The van der Waals surface area contributed by atoms with E-state index in [1.54, 1.807) is 0 Å². The van der Waals surface area contributed by atoms with Crippen LogP contribution in [0.15, 0.2) is 11.5 Å². The van der Waals surface area contributed by atoms with Crippen molar-refractivity contribution >= 4 is 11.8 Å². The maximum atomic E-state index is 5.77. The quantitative estimate of drug-likeness (QED) is 0.746. The Kier molecular flexibility index (Phi) is 3.30. The largest absolute Gasteiger partial charge is 0.376 e. The Morgan fingerprint density at radius 2 is 2.54 bits per heavy atom. The standard InChI is InChI=1S/C10H17NOS/c1-2-11-7-9-8-4-6-13-10(8)3-5-12-9/h4,6,8-11H,2-3,5,7H2,1H3. The van der Waals surface area contributed by atoms with Crippen molar-refractivity contribution in [3.05, 3.63) is 11.5 Å². The lowest BCUT2D eigenvalue weighted by atomic mass is 9.94. The van der Waals surface area contributed by atoms with Crippen molar-refractivity contribution < 1.29 is 4.74 Å². The Morgan fingerprint density at radius 1 is 1.62 bits per heavy atom.